The third-order valence-corrected chi connectivity index (χ3v) is 2.99. The molecule has 2 atom stereocenters. The Morgan fingerprint density at radius 3 is 3.12 bits per heavy atom. The molecule has 92 valence electrons. The first-order chi connectivity index (χ1) is 8.19. The summed E-state index contributed by atoms with van der Waals surface area (Å²) in [5, 5.41) is 3.05. The second-order valence-corrected chi connectivity index (χ2v) is 4.57. The second-order valence-electron chi connectivity index (χ2n) is 3.76. The lowest BCUT2D eigenvalue weighted by atomic mass is 10.2. The first-order valence-corrected chi connectivity index (χ1v) is 6.09. The van der Waals surface area contributed by atoms with Crippen LogP contribution in [0.4, 0.5) is 0 Å². The summed E-state index contributed by atoms with van der Waals surface area (Å²) in [6.07, 6.45) is 0.543. The van der Waals surface area contributed by atoms with Crippen LogP contribution in [0.15, 0.2) is 22.8 Å². The summed E-state index contributed by atoms with van der Waals surface area (Å²) >= 11 is 3.28. The van der Waals surface area contributed by atoms with Gasteiger partial charge >= 0.3 is 5.97 Å². The summed E-state index contributed by atoms with van der Waals surface area (Å²) in [7, 11) is 1.38. The fraction of sp³-hybridized carbons (Fsp3) is 0.455. The number of ether oxygens (including phenoxy) is 2. The van der Waals surface area contributed by atoms with Crippen molar-refractivity contribution < 1.29 is 14.3 Å². The number of hydrogen-bond acceptors (Lipinski definition) is 5. The minimum Gasteiger partial charge on any atom is -0.473 e. The predicted molar refractivity (Wildman–Crippen MR) is 64.8 cm³/mol. The molecule has 5 nitrogen and oxygen atoms in total. The molecule has 1 aliphatic rings. The van der Waals surface area contributed by atoms with Crippen molar-refractivity contribution in [2.75, 3.05) is 13.7 Å². The number of rotatable bonds is 3. The van der Waals surface area contributed by atoms with E-state index >= 15 is 0 Å². The van der Waals surface area contributed by atoms with Crippen LogP contribution >= 0.6 is 15.9 Å². The number of pyridine rings is 1. The van der Waals surface area contributed by atoms with Gasteiger partial charge in [-0.2, -0.15) is 0 Å². The average Bonchev–Trinajstić information content (AvgIpc) is 2.76. The highest BCUT2D eigenvalue weighted by Crippen LogP contribution is 2.17. The van der Waals surface area contributed by atoms with Crippen LogP contribution in [0.3, 0.4) is 0 Å². The van der Waals surface area contributed by atoms with Gasteiger partial charge in [-0.15, -0.1) is 0 Å². The van der Waals surface area contributed by atoms with Crippen LogP contribution in [0, 0.1) is 0 Å². The lowest BCUT2D eigenvalue weighted by Crippen LogP contribution is -2.31. The highest BCUT2D eigenvalue weighted by molar-refractivity contribution is 9.10. The highest BCUT2D eigenvalue weighted by Gasteiger charge is 2.31. The van der Waals surface area contributed by atoms with Gasteiger partial charge < -0.3 is 14.8 Å². The smallest absolute Gasteiger partial charge is 0.323 e. The van der Waals surface area contributed by atoms with Crippen LogP contribution < -0.4 is 10.1 Å². The van der Waals surface area contributed by atoms with E-state index in [0.717, 1.165) is 4.60 Å². The van der Waals surface area contributed by atoms with Crippen molar-refractivity contribution in [3.8, 4) is 5.88 Å². The van der Waals surface area contributed by atoms with Gasteiger partial charge in [-0.25, -0.2) is 4.98 Å². The van der Waals surface area contributed by atoms with E-state index in [1.54, 1.807) is 6.07 Å². The average molecular weight is 301 g/mol. The molecule has 1 aromatic heterocycles. The molecule has 1 aliphatic heterocycles. The Hall–Kier alpha value is -1.14. The molecule has 0 radical (unpaired) electrons. The van der Waals surface area contributed by atoms with Gasteiger partial charge in [0.05, 0.1) is 7.11 Å². The van der Waals surface area contributed by atoms with Gasteiger partial charge in [-0.1, -0.05) is 6.07 Å². The van der Waals surface area contributed by atoms with Crippen molar-refractivity contribution in [2.45, 2.75) is 18.6 Å². The first-order valence-electron chi connectivity index (χ1n) is 5.29. The van der Waals surface area contributed by atoms with Gasteiger partial charge in [0.15, 0.2) is 0 Å². The normalized spacial score (nSPS) is 23.4. The summed E-state index contributed by atoms with van der Waals surface area (Å²) in [6.45, 7) is 0.619. The Bertz CT molecular complexity index is 413. The van der Waals surface area contributed by atoms with Crippen molar-refractivity contribution in [1.82, 2.24) is 10.3 Å². The van der Waals surface area contributed by atoms with E-state index in [1.807, 2.05) is 12.1 Å². The maximum Gasteiger partial charge on any atom is 0.323 e. The number of carbonyl (C=O) groups excluding carboxylic acids is 1. The molecule has 2 rings (SSSR count). The standard InChI is InChI=1S/C11H13BrN2O3/c1-16-11(15)8-5-7(6-13-8)17-10-4-2-3-9(12)14-10/h2-4,7-8,13H,5-6H2,1H3/t7-,8+/m1/s1. The zero-order valence-corrected chi connectivity index (χ0v) is 10.9. The molecule has 1 fully saturated rings. The molecule has 0 saturated carbocycles. The topological polar surface area (TPSA) is 60.5 Å². The van der Waals surface area contributed by atoms with Crippen LogP contribution in [0.5, 0.6) is 5.88 Å². The van der Waals surface area contributed by atoms with E-state index in [2.05, 4.69) is 31.0 Å². The van der Waals surface area contributed by atoms with Gasteiger partial charge in [-0.3, -0.25) is 4.79 Å². The first kappa shape index (κ1) is 12.3. The van der Waals surface area contributed by atoms with Crippen molar-refractivity contribution in [2.24, 2.45) is 0 Å². The molecule has 2 heterocycles. The number of carbonyl (C=O) groups is 1. The highest BCUT2D eigenvalue weighted by atomic mass is 79.9. The number of esters is 1. The van der Waals surface area contributed by atoms with Crippen molar-refractivity contribution in [3.05, 3.63) is 22.8 Å². The van der Waals surface area contributed by atoms with Gasteiger partial charge in [0.2, 0.25) is 5.88 Å². The third kappa shape index (κ3) is 3.17. The third-order valence-electron chi connectivity index (χ3n) is 2.55. The molecule has 1 aromatic rings. The van der Waals surface area contributed by atoms with Gasteiger partial charge in [-0.05, 0) is 22.0 Å². The van der Waals surface area contributed by atoms with E-state index in [0.29, 0.717) is 18.8 Å². The van der Waals surface area contributed by atoms with E-state index < -0.39 is 0 Å². The van der Waals surface area contributed by atoms with Gasteiger partial charge in [0, 0.05) is 19.0 Å². The number of methoxy groups -OCH3 is 1. The van der Waals surface area contributed by atoms with Crippen molar-refractivity contribution in [1.29, 1.82) is 0 Å². The number of halogens is 1. The number of nitrogens with zero attached hydrogens (tertiary/aromatic N) is 1. The Labute approximate surface area is 108 Å². The number of aromatic nitrogens is 1. The molecule has 0 aromatic carbocycles. The molecule has 0 aliphatic carbocycles. The van der Waals surface area contributed by atoms with Gasteiger partial charge in [0.1, 0.15) is 16.7 Å². The molecule has 6 heteroatoms. The van der Waals surface area contributed by atoms with Crippen molar-refractivity contribution in [3.63, 3.8) is 0 Å². The fourth-order valence-electron chi connectivity index (χ4n) is 1.74. The van der Waals surface area contributed by atoms with E-state index in [-0.39, 0.29) is 18.1 Å². The summed E-state index contributed by atoms with van der Waals surface area (Å²) in [5.41, 5.74) is 0. The Morgan fingerprint density at radius 2 is 2.41 bits per heavy atom. The molecule has 1 saturated heterocycles. The van der Waals surface area contributed by atoms with Crippen LogP contribution in [0.1, 0.15) is 6.42 Å². The Morgan fingerprint density at radius 1 is 1.59 bits per heavy atom. The predicted octanol–water partition coefficient (Wildman–Crippen LogP) is 1.13. The van der Waals surface area contributed by atoms with E-state index in [1.165, 1.54) is 7.11 Å². The molecule has 0 spiro atoms. The molecular formula is C11H13BrN2O3. The lowest BCUT2D eigenvalue weighted by Gasteiger charge is -2.11. The minimum absolute atomic E-state index is 0.0547. The van der Waals surface area contributed by atoms with Gasteiger partial charge in [0.25, 0.3) is 0 Å². The van der Waals surface area contributed by atoms with Crippen LogP contribution in [-0.2, 0) is 9.53 Å². The molecule has 17 heavy (non-hydrogen) atoms. The molecule has 0 bridgehead atoms. The molecule has 0 unspecified atom stereocenters. The zero-order valence-electron chi connectivity index (χ0n) is 9.35. The Balaban J connectivity index is 1.92. The SMILES string of the molecule is COC(=O)[C@@H]1C[C@@H](Oc2cccc(Br)n2)CN1. The molecule has 1 N–H and O–H groups in total. The molecule has 0 amide bonds. The van der Waals surface area contributed by atoms with E-state index in [4.69, 9.17) is 4.74 Å². The zero-order chi connectivity index (χ0) is 12.3. The second kappa shape index (κ2) is 5.46. The maximum atomic E-state index is 11.3. The summed E-state index contributed by atoms with van der Waals surface area (Å²) in [6, 6.07) is 5.19. The van der Waals surface area contributed by atoms with Crippen molar-refractivity contribution >= 4 is 21.9 Å². The Kier molecular flexibility index (Phi) is 3.96. The number of hydrogen-bond donors (Lipinski definition) is 1. The quantitative estimate of drug-likeness (QED) is 0.670. The van der Waals surface area contributed by atoms with E-state index in [9.17, 15) is 4.79 Å². The summed E-state index contributed by atoms with van der Waals surface area (Å²) in [4.78, 5) is 15.5. The monoisotopic (exact) mass is 300 g/mol. The fourth-order valence-corrected chi connectivity index (χ4v) is 2.07. The minimum atomic E-state index is -0.280. The number of nitrogens with one attached hydrogen (secondary N) is 1. The summed E-state index contributed by atoms with van der Waals surface area (Å²) in [5.74, 6) is 0.301. The largest absolute Gasteiger partial charge is 0.473 e. The lowest BCUT2D eigenvalue weighted by molar-refractivity contribution is -0.142. The maximum absolute atomic E-state index is 11.3. The summed E-state index contributed by atoms with van der Waals surface area (Å²) < 4.78 is 11.1. The van der Waals surface area contributed by atoms with Crippen LogP contribution in [0.25, 0.3) is 0 Å². The van der Waals surface area contributed by atoms with Crippen LogP contribution in [0.2, 0.25) is 0 Å². The molecular weight excluding hydrogens is 288 g/mol. The van der Waals surface area contributed by atoms with Crippen LogP contribution in [-0.4, -0.2) is 36.8 Å².